The molecule has 0 radical (unpaired) electrons. The van der Waals surface area contributed by atoms with Gasteiger partial charge >= 0.3 is 0 Å². The van der Waals surface area contributed by atoms with Gasteiger partial charge in [-0.1, -0.05) is 65.8 Å². The summed E-state index contributed by atoms with van der Waals surface area (Å²) in [6.07, 6.45) is 0. The molecule has 4 aromatic carbocycles. The number of ether oxygens (including phenoxy) is 2. The summed E-state index contributed by atoms with van der Waals surface area (Å²) in [4.78, 5) is 25.7. The summed E-state index contributed by atoms with van der Waals surface area (Å²) in [7, 11) is -3.86. The molecule has 52 heavy (non-hydrogen) atoms. The molecule has 276 valence electrons. The second-order valence-electron chi connectivity index (χ2n) is 16.7. The van der Waals surface area contributed by atoms with E-state index in [4.69, 9.17) is 18.3 Å². The molecule has 0 aliphatic carbocycles. The van der Waals surface area contributed by atoms with Gasteiger partial charge in [0.15, 0.2) is 11.6 Å². The van der Waals surface area contributed by atoms with Crippen molar-refractivity contribution >= 4 is 28.2 Å². The Morgan fingerprint density at radius 3 is 1.42 bits per heavy atom. The van der Waals surface area contributed by atoms with Gasteiger partial charge in [0.1, 0.15) is 47.7 Å². The van der Waals surface area contributed by atoms with E-state index in [9.17, 15) is 19.8 Å². The average molecular weight is 741 g/mol. The van der Waals surface area contributed by atoms with Crippen molar-refractivity contribution in [3.05, 3.63) is 107 Å². The minimum absolute atomic E-state index is 0.0352. The second-order valence-corrected chi connectivity index (χ2v) is 26.1. The minimum atomic E-state index is -1.96. The van der Waals surface area contributed by atoms with Gasteiger partial charge in [-0.25, -0.2) is 0 Å². The highest BCUT2D eigenvalue weighted by Gasteiger charge is 2.40. The Kier molecular flexibility index (Phi) is 10.8. The summed E-state index contributed by atoms with van der Waals surface area (Å²) in [6.45, 7) is 22.8. The fraction of sp³-hybridized carbons (Fsp3) is 0.381. The number of hydrogen-bond donors (Lipinski definition) is 2. The Labute approximate surface area is 310 Å². The van der Waals surface area contributed by atoms with Crippen LogP contribution < -0.4 is 18.3 Å². The van der Waals surface area contributed by atoms with E-state index in [1.54, 1.807) is 30.3 Å². The summed E-state index contributed by atoms with van der Waals surface area (Å²) in [6, 6.07) is 24.6. The molecule has 0 saturated heterocycles. The van der Waals surface area contributed by atoms with Crippen LogP contribution in [0.15, 0.2) is 84.9 Å². The first kappa shape index (κ1) is 38.7. The lowest BCUT2D eigenvalue weighted by Gasteiger charge is -2.36. The molecule has 10 heteroatoms. The lowest BCUT2D eigenvalue weighted by Crippen LogP contribution is -2.43. The van der Waals surface area contributed by atoms with Crippen molar-refractivity contribution in [3.8, 4) is 34.5 Å². The number of carbonyl (C=O) groups is 2. The lowest BCUT2D eigenvalue weighted by molar-refractivity contribution is 0.0887. The fourth-order valence-corrected chi connectivity index (χ4v) is 7.52. The van der Waals surface area contributed by atoms with Crippen LogP contribution in [0, 0.1) is 0 Å². The summed E-state index contributed by atoms with van der Waals surface area (Å²) in [5.74, 6) is 2.28. The number of carbonyl (C=O) groups excluding carboxylic acids is 2. The van der Waals surface area contributed by atoms with Crippen LogP contribution in [0.1, 0.15) is 85.2 Å². The van der Waals surface area contributed by atoms with E-state index in [1.165, 1.54) is 12.1 Å². The predicted molar refractivity (Wildman–Crippen MR) is 210 cm³/mol. The van der Waals surface area contributed by atoms with Crippen LogP contribution in [0.3, 0.4) is 0 Å². The molecule has 2 unspecified atom stereocenters. The molecule has 2 aliphatic rings. The molecule has 4 aromatic rings. The number of phenolic OH excluding ortho intramolecular Hbond substituents is 2. The van der Waals surface area contributed by atoms with Gasteiger partial charge in [-0.05, 0) is 95.9 Å². The van der Waals surface area contributed by atoms with E-state index in [2.05, 4.69) is 67.7 Å². The van der Waals surface area contributed by atoms with Crippen molar-refractivity contribution in [3.63, 3.8) is 0 Å². The first-order chi connectivity index (χ1) is 24.2. The Balaban J connectivity index is 0.000000231. The van der Waals surface area contributed by atoms with Crippen LogP contribution in [0.4, 0.5) is 0 Å². The molecular weight excluding hydrogens is 689 g/mol. The number of ketones is 2. The lowest BCUT2D eigenvalue weighted by atomic mass is 9.89. The maximum atomic E-state index is 13.3. The molecule has 2 atom stereocenters. The summed E-state index contributed by atoms with van der Waals surface area (Å²) in [5, 5.41) is 18.9. The Morgan fingerprint density at radius 1 is 0.558 bits per heavy atom. The number of hydrogen-bond acceptors (Lipinski definition) is 8. The number of benzene rings is 4. The third-order valence-electron chi connectivity index (χ3n) is 10.8. The minimum Gasteiger partial charge on any atom is -0.544 e. The van der Waals surface area contributed by atoms with Gasteiger partial charge in [-0.2, -0.15) is 0 Å². The monoisotopic (exact) mass is 740 g/mol. The zero-order valence-corrected chi connectivity index (χ0v) is 34.0. The molecule has 0 amide bonds. The Morgan fingerprint density at radius 2 is 0.942 bits per heavy atom. The van der Waals surface area contributed by atoms with E-state index in [0.717, 1.165) is 22.6 Å². The molecule has 2 N–H and O–H groups in total. The third-order valence-corrected chi connectivity index (χ3v) is 19.5. The highest BCUT2D eigenvalue weighted by atomic mass is 28.4. The second kappa shape index (κ2) is 14.5. The SMILES string of the molecule is CC(C)(C)[Si](C)(C)Oc1ccc(C2COc3cc(O[Si](C)(C)C(C)(C)C)ccc3C2=O)cc1.O=C1c2ccc(O)cc2OCC1c1ccc(O)cc1. The molecule has 0 spiro atoms. The smallest absolute Gasteiger partial charge is 0.250 e. The van der Waals surface area contributed by atoms with Crippen LogP contribution >= 0.6 is 0 Å². The Bertz CT molecular complexity index is 1920. The van der Waals surface area contributed by atoms with Gasteiger partial charge in [0.05, 0.1) is 23.0 Å². The molecule has 0 fully saturated rings. The number of Topliss-reactive ketones (excluding diaryl/α,β-unsaturated/α-hetero) is 2. The van der Waals surface area contributed by atoms with Gasteiger partial charge < -0.3 is 28.5 Å². The molecule has 8 nitrogen and oxygen atoms in total. The van der Waals surface area contributed by atoms with Crippen LogP contribution in [-0.4, -0.2) is 51.6 Å². The van der Waals surface area contributed by atoms with Crippen LogP contribution in [0.25, 0.3) is 0 Å². The molecule has 2 heterocycles. The summed E-state index contributed by atoms with van der Waals surface area (Å²) >= 11 is 0. The largest absolute Gasteiger partial charge is 0.544 e. The van der Waals surface area contributed by atoms with Crippen LogP contribution in [-0.2, 0) is 0 Å². The number of aromatic hydroxyl groups is 2. The normalized spacial score (nSPS) is 17.4. The molecular formula is C42H52O8Si2. The van der Waals surface area contributed by atoms with Crippen molar-refractivity contribution in [2.75, 3.05) is 13.2 Å². The summed E-state index contributed by atoms with van der Waals surface area (Å²) in [5.41, 5.74) is 2.86. The van der Waals surface area contributed by atoms with E-state index < -0.39 is 16.6 Å². The van der Waals surface area contributed by atoms with Gasteiger partial charge in [0.2, 0.25) is 16.6 Å². The van der Waals surface area contributed by atoms with E-state index >= 15 is 0 Å². The zero-order chi connectivity index (χ0) is 38.2. The Hall–Kier alpha value is -4.55. The van der Waals surface area contributed by atoms with Crippen molar-refractivity contribution in [1.82, 2.24) is 0 Å². The van der Waals surface area contributed by atoms with Gasteiger partial charge in [-0.15, -0.1) is 0 Å². The standard InChI is InChI=1S/C27H40O4Si2.C15H12O4/c1-26(2,3)32(7,8)30-20-13-11-19(12-14-20)23-18-29-24-17-21(15-16-22(24)25(23)28)31-33(9,10)27(4,5)6;16-10-3-1-9(2-4-10)13-8-19-14-7-11(17)5-6-12(14)15(13)18/h11-17,23H,18H2,1-10H3;1-7,13,16-17H,8H2. The fourth-order valence-electron chi connectivity index (χ4n) is 5.46. The van der Waals surface area contributed by atoms with Crippen LogP contribution in [0.5, 0.6) is 34.5 Å². The van der Waals surface area contributed by atoms with Crippen molar-refractivity contribution in [2.45, 2.75) is 89.6 Å². The highest BCUT2D eigenvalue weighted by molar-refractivity contribution is 6.75. The molecule has 0 bridgehead atoms. The number of phenols is 2. The van der Waals surface area contributed by atoms with Gasteiger partial charge in [0.25, 0.3) is 0 Å². The van der Waals surface area contributed by atoms with E-state index in [1.807, 2.05) is 42.5 Å². The van der Waals surface area contributed by atoms with Gasteiger partial charge in [-0.3, -0.25) is 9.59 Å². The first-order valence-corrected chi connectivity index (χ1v) is 23.6. The predicted octanol–water partition coefficient (Wildman–Crippen LogP) is 10.3. The first-order valence-electron chi connectivity index (χ1n) is 17.7. The summed E-state index contributed by atoms with van der Waals surface area (Å²) < 4.78 is 24.3. The maximum Gasteiger partial charge on any atom is 0.250 e. The van der Waals surface area contributed by atoms with Crippen molar-refractivity contribution in [1.29, 1.82) is 0 Å². The molecule has 6 rings (SSSR count). The van der Waals surface area contributed by atoms with Crippen LogP contribution in [0.2, 0.25) is 36.3 Å². The molecule has 0 aromatic heterocycles. The van der Waals surface area contributed by atoms with Crippen molar-refractivity contribution in [2.24, 2.45) is 0 Å². The van der Waals surface area contributed by atoms with Crippen molar-refractivity contribution < 1.29 is 38.1 Å². The van der Waals surface area contributed by atoms with Gasteiger partial charge in [0, 0.05) is 12.1 Å². The van der Waals surface area contributed by atoms with E-state index in [-0.39, 0.29) is 51.6 Å². The quantitative estimate of drug-likeness (QED) is 0.188. The average Bonchev–Trinajstić information content (AvgIpc) is 3.05. The third kappa shape index (κ3) is 8.39. The topological polar surface area (TPSA) is 112 Å². The maximum absolute atomic E-state index is 13.3. The zero-order valence-electron chi connectivity index (χ0n) is 32.0. The van der Waals surface area contributed by atoms with E-state index in [0.29, 0.717) is 29.2 Å². The number of rotatable bonds is 6. The molecule has 2 aliphatic heterocycles. The molecule has 0 saturated carbocycles. The highest BCUT2D eigenvalue weighted by Crippen LogP contribution is 2.41. The number of fused-ring (bicyclic) bond motifs is 2.